The Morgan fingerprint density at radius 2 is 2.08 bits per heavy atom. The summed E-state index contributed by atoms with van der Waals surface area (Å²) in [6.45, 7) is 2.00. The number of nitrogens with zero attached hydrogens (tertiary/aromatic N) is 2. The third-order valence-electron chi connectivity index (χ3n) is 3.62. The fraction of sp³-hybridized carbons (Fsp3) is 0.278. The molecule has 1 aromatic carbocycles. The Bertz CT molecular complexity index is 780. The van der Waals surface area contributed by atoms with Crippen LogP contribution in [0.5, 0.6) is 11.5 Å². The predicted octanol–water partition coefficient (Wildman–Crippen LogP) is 1.40. The molecule has 1 aromatic heterocycles. The van der Waals surface area contributed by atoms with Crippen LogP contribution in [0, 0.1) is 0 Å². The zero-order valence-corrected chi connectivity index (χ0v) is 14.3. The highest BCUT2D eigenvalue weighted by molar-refractivity contribution is 5.94. The molecule has 0 radical (unpaired) electrons. The molecule has 136 valence electrons. The molecule has 0 atom stereocenters. The van der Waals surface area contributed by atoms with Crippen LogP contribution in [0.15, 0.2) is 47.7 Å². The first-order valence-corrected chi connectivity index (χ1v) is 8.37. The molecule has 3 rings (SSSR count). The van der Waals surface area contributed by atoms with E-state index in [2.05, 4.69) is 20.6 Å². The average molecular weight is 355 g/mol. The molecule has 0 saturated carbocycles. The number of carbonyl (C=O) groups excluding carboxylic acids is 1. The van der Waals surface area contributed by atoms with Crippen molar-refractivity contribution in [2.24, 2.45) is 10.7 Å². The number of guanidine groups is 1. The predicted molar refractivity (Wildman–Crippen MR) is 98.7 cm³/mol. The van der Waals surface area contributed by atoms with Gasteiger partial charge < -0.3 is 25.8 Å². The molecule has 0 unspecified atom stereocenters. The molecule has 4 N–H and O–H groups in total. The van der Waals surface area contributed by atoms with Gasteiger partial charge in [-0.05, 0) is 24.3 Å². The molecule has 0 fully saturated rings. The molecule has 1 aliphatic heterocycles. The van der Waals surface area contributed by atoms with Gasteiger partial charge in [0.25, 0.3) is 5.91 Å². The van der Waals surface area contributed by atoms with Crippen molar-refractivity contribution in [3.05, 3.63) is 48.3 Å². The Balaban J connectivity index is 1.48. The van der Waals surface area contributed by atoms with Crippen molar-refractivity contribution >= 4 is 17.6 Å². The van der Waals surface area contributed by atoms with Gasteiger partial charge in [0.1, 0.15) is 0 Å². The summed E-state index contributed by atoms with van der Waals surface area (Å²) in [4.78, 5) is 20.0. The lowest BCUT2D eigenvalue weighted by atomic mass is 10.3. The number of ether oxygens (including phenoxy) is 2. The smallest absolute Gasteiger partial charge is 0.252 e. The van der Waals surface area contributed by atoms with E-state index in [9.17, 15) is 4.79 Å². The minimum Gasteiger partial charge on any atom is -0.490 e. The lowest BCUT2D eigenvalue weighted by molar-refractivity contribution is 0.0954. The highest BCUT2D eigenvalue weighted by Gasteiger charge is 2.10. The third kappa shape index (κ3) is 4.85. The Hall–Kier alpha value is -3.29. The molecule has 2 heterocycles. The molecular weight excluding hydrogens is 334 g/mol. The number of nitrogens with two attached hydrogens (primary N) is 1. The van der Waals surface area contributed by atoms with E-state index in [1.165, 1.54) is 6.20 Å². The number of anilines is 1. The lowest BCUT2D eigenvalue weighted by Crippen LogP contribution is -2.28. The summed E-state index contributed by atoms with van der Waals surface area (Å²) in [5.41, 5.74) is 7.15. The normalized spacial score (nSPS) is 13.6. The summed E-state index contributed by atoms with van der Waals surface area (Å²) < 4.78 is 11.2. The number of nitrogens with one attached hydrogen (secondary N) is 2. The summed E-state index contributed by atoms with van der Waals surface area (Å²) in [5.74, 6) is 1.48. The average Bonchev–Trinajstić information content (AvgIpc) is 2.91. The number of rotatable bonds is 5. The zero-order chi connectivity index (χ0) is 18.2. The van der Waals surface area contributed by atoms with Gasteiger partial charge in [0, 0.05) is 37.1 Å². The molecule has 0 spiro atoms. The van der Waals surface area contributed by atoms with Gasteiger partial charge in [0.15, 0.2) is 17.5 Å². The molecular formula is C18H21N5O3. The van der Waals surface area contributed by atoms with Gasteiger partial charge in [-0.3, -0.25) is 14.8 Å². The zero-order valence-electron chi connectivity index (χ0n) is 14.3. The van der Waals surface area contributed by atoms with Crippen LogP contribution in [-0.4, -0.2) is 43.2 Å². The number of amides is 1. The standard InChI is InChI=1S/C18H21N5O3/c19-18(22-8-7-21-17(24)13-3-1-6-20-12-13)23-14-4-5-15-16(11-14)26-10-2-9-25-15/h1,3-6,11-12H,2,7-10H2,(H,21,24)(H3,19,22,23). The summed E-state index contributed by atoms with van der Waals surface area (Å²) in [7, 11) is 0. The van der Waals surface area contributed by atoms with Crippen molar-refractivity contribution < 1.29 is 14.3 Å². The maximum Gasteiger partial charge on any atom is 0.252 e. The third-order valence-corrected chi connectivity index (χ3v) is 3.62. The van der Waals surface area contributed by atoms with Gasteiger partial charge in [-0.2, -0.15) is 0 Å². The largest absolute Gasteiger partial charge is 0.490 e. The van der Waals surface area contributed by atoms with Gasteiger partial charge in [-0.1, -0.05) is 0 Å². The van der Waals surface area contributed by atoms with Gasteiger partial charge in [-0.15, -0.1) is 0 Å². The molecule has 2 aromatic rings. The van der Waals surface area contributed by atoms with Gasteiger partial charge >= 0.3 is 0 Å². The van der Waals surface area contributed by atoms with Crippen LogP contribution < -0.4 is 25.8 Å². The van der Waals surface area contributed by atoms with E-state index in [0.29, 0.717) is 37.6 Å². The number of benzene rings is 1. The minimum atomic E-state index is -0.192. The minimum absolute atomic E-state index is 0.192. The fourth-order valence-electron chi connectivity index (χ4n) is 2.37. The summed E-state index contributed by atoms with van der Waals surface area (Å²) in [5, 5.41) is 5.76. The van der Waals surface area contributed by atoms with Crippen molar-refractivity contribution in [2.45, 2.75) is 6.42 Å². The molecule has 0 saturated heterocycles. The Labute approximate surface area is 151 Å². The molecule has 26 heavy (non-hydrogen) atoms. The SMILES string of the molecule is NC(=NCCNC(=O)c1cccnc1)Nc1ccc2c(c1)OCCCO2. The Morgan fingerprint density at radius 1 is 1.23 bits per heavy atom. The van der Waals surface area contributed by atoms with Crippen LogP contribution in [0.1, 0.15) is 16.8 Å². The van der Waals surface area contributed by atoms with E-state index in [1.807, 2.05) is 18.2 Å². The maximum atomic E-state index is 11.9. The van der Waals surface area contributed by atoms with E-state index in [-0.39, 0.29) is 11.9 Å². The highest BCUT2D eigenvalue weighted by atomic mass is 16.5. The number of hydrogen-bond donors (Lipinski definition) is 3. The van der Waals surface area contributed by atoms with Crippen LogP contribution in [0.2, 0.25) is 0 Å². The molecule has 8 heteroatoms. The first kappa shape index (κ1) is 17.5. The second-order valence-electron chi connectivity index (χ2n) is 5.60. The Morgan fingerprint density at radius 3 is 2.88 bits per heavy atom. The number of aliphatic imine (C=N–C) groups is 1. The lowest BCUT2D eigenvalue weighted by Gasteiger charge is -2.11. The van der Waals surface area contributed by atoms with Crippen molar-refractivity contribution in [2.75, 3.05) is 31.6 Å². The highest BCUT2D eigenvalue weighted by Crippen LogP contribution is 2.32. The summed E-state index contributed by atoms with van der Waals surface area (Å²) in [6, 6.07) is 8.92. The summed E-state index contributed by atoms with van der Waals surface area (Å²) in [6.07, 6.45) is 3.98. The van der Waals surface area contributed by atoms with Crippen LogP contribution >= 0.6 is 0 Å². The first-order chi connectivity index (χ1) is 12.7. The van der Waals surface area contributed by atoms with E-state index in [0.717, 1.165) is 17.9 Å². The van der Waals surface area contributed by atoms with Crippen molar-refractivity contribution in [3.8, 4) is 11.5 Å². The molecule has 0 aliphatic carbocycles. The quantitative estimate of drug-likeness (QED) is 0.425. The van der Waals surface area contributed by atoms with Crippen molar-refractivity contribution in [1.29, 1.82) is 0 Å². The molecule has 0 bridgehead atoms. The monoisotopic (exact) mass is 355 g/mol. The van der Waals surface area contributed by atoms with Gasteiger partial charge in [0.05, 0.1) is 25.3 Å². The topological polar surface area (TPSA) is 111 Å². The van der Waals surface area contributed by atoms with E-state index >= 15 is 0 Å². The van der Waals surface area contributed by atoms with Crippen LogP contribution in [0.25, 0.3) is 0 Å². The first-order valence-electron chi connectivity index (χ1n) is 8.37. The van der Waals surface area contributed by atoms with E-state index in [1.54, 1.807) is 18.3 Å². The second kappa shape index (κ2) is 8.70. The van der Waals surface area contributed by atoms with Crippen molar-refractivity contribution in [3.63, 3.8) is 0 Å². The molecule has 1 aliphatic rings. The van der Waals surface area contributed by atoms with Gasteiger partial charge in [-0.25, -0.2) is 0 Å². The van der Waals surface area contributed by atoms with Crippen LogP contribution in [0.4, 0.5) is 5.69 Å². The van der Waals surface area contributed by atoms with Gasteiger partial charge in [0.2, 0.25) is 0 Å². The number of hydrogen-bond acceptors (Lipinski definition) is 5. The number of carbonyl (C=O) groups is 1. The molecule has 1 amide bonds. The van der Waals surface area contributed by atoms with Crippen molar-refractivity contribution in [1.82, 2.24) is 10.3 Å². The number of aromatic nitrogens is 1. The van der Waals surface area contributed by atoms with Crippen LogP contribution in [0.3, 0.4) is 0 Å². The maximum absolute atomic E-state index is 11.9. The van der Waals surface area contributed by atoms with Crippen LogP contribution in [-0.2, 0) is 0 Å². The number of pyridine rings is 1. The Kier molecular flexibility index (Phi) is 5.87. The van der Waals surface area contributed by atoms with E-state index < -0.39 is 0 Å². The molecule has 8 nitrogen and oxygen atoms in total. The fourth-order valence-corrected chi connectivity index (χ4v) is 2.37. The van der Waals surface area contributed by atoms with E-state index in [4.69, 9.17) is 15.2 Å². The second-order valence-corrected chi connectivity index (χ2v) is 5.60. The number of fused-ring (bicyclic) bond motifs is 1. The summed E-state index contributed by atoms with van der Waals surface area (Å²) >= 11 is 0.